The first kappa shape index (κ1) is 22.1. The highest BCUT2D eigenvalue weighted by Gasteiger charge is 2.28. The van der Waals surface area contributed by atoms with Crippen LogP contribution in [-0.4, -0.2) is 17.5 Å². The van der Waals surface area contributed by atoms with Gasteiger partial charge in [0.25, 0.3) is 11.8 Å². The quantitative estimate of drug-likeness (QED) is 0.497. The van der Waals surface area contributed by atoms with Gasteiger partial charge in [-0.3, -0.25) is 9.59 Å². The summed E-state index contributed by atoms with van der Waals surface area (Å²) in [6.45, 7) is 2.12. The van der Waals surface area contributed by atoms with Gasteiger partial charge in [0.15, 0.2) is 5.76 Å². The van der Waals surface area contributed by atoms with Gasteiger partial charge in [0.2, 0.25) is 0 Å². The molecule has 32 heavy (non-hydrogen) atoms. The molecule has 0 radical (unpaired) electrons. The van der Waals surface area contributed by atoms with Crippen LogP contribution in [0.25, 0.3) is 0 Å². The van der Waals surface area contributed by atoms with Gasteiger partial charge < -0.3 is 9.73 Å². The minimum absolute atomic E-state index is 0.248. The van der Waals surface area contributed by atoms with Crippen molar-refractivity contribution in [2.75, 3.05) is 0 Å². The van der Waals surface area contributed by atoms with Crippen LogP contribution in [0.2, 0.25) is 10.0 Å². The molecule has 0 saturated carbocycles. The lowest BCUT2D eigenvalue weighted by Gasteiger charge is -2.13. The number of aryl methyl sites for hydroxylation is 1. The van der Waals surface area contributed by atoms with Gasteiger partial charge in [0.1, 0.15) is 5.76 Å². The van der Waals surface area contributed by atoms with Crippen LogP contribution < -0.4 is 10.7 Å². The third kappa shape index (κ3) is 4.71. The second kappa shape index (κ2) is 9.59. The first-order valence-corrected chi connectivity index (χ1v) is 11.0. The van der Waals surface area contributed by atoms with Gasteiger partial charge >= 0.3 is 0 Å². The standard InChI is InChI=1S/C24H21Cl2N3O3/c1-14-21-19(28-29-23(30)15-7-4-8-17(25)12-15)10-5-11-20(21)32-22(14)24(31)27-13-16-6-2-3-9-18(16)26/h2-4,6-9,12H,5,10-11,13H2,1H3,(H,27,31)(H,29,30)/b28-19+. The van der Waals surface area contributed by atoms with Crippen molar-refractivity contribution in [3.8, 4) is 0 Å². The van der Waals surface area contributed by atoms with Gasteiger partial charge in [0, 0.05) is 39.7 Å². The Kier molecular flexibility index (Phi) is 6.63. The van der Waals surface area contributed by atoms with E-state index in [0.29, 0.717) is 52.0 Å². The number of amides is 2. The molecule has 0 saturated heterocycles. The van der Waals surface area contributed by atoms with Gasteiger partial charge in [-0.15, -0.1) is 0 Å². The van der Waals surface area contributed by atoms with E-state index in [1.54, 1.807) is 30.3 Å². The van der Waals surface area contributed by atoms with Crippen LogP contribution in [-0.2, 0) is 13.0 Å². The lowest BCUT2D eigenvalue weighted by molar-refractivity contribution is 0.0919. The minimum atomic E-state index is -0.356. The molecule has 0 aliphatic heterocycles. The Hall–Kier alpha value is -3.09. The Labute approximate surface area is 195 Å². The van der Waals surface area contributed by atoms with Gasteiger partial charge in [-0.05, 0) is 49.6 Å². The van der Waals surface area contributed by atoms with Crippen LogP contribution in [0.4, 0.5) is 0 Å². The zero-order valence-corrected chi connectivity index (χ0v) is 18.9. The Morgan fingerprint density at radius 3 is 2.66 bits per heavy atom. The molecule has 1 heterocycles. The third-order valence-corrected chi connectivity index (χ3v) is 5.91. The molecule has 4 rings (SSSR count). The zero-order chi connectivity index (χ0) is 22.7. The number of hydrogen-bond donors (Lipinski definition) is 2. The van der Waals surface area contributed by atoms with E-state index >= 15 is 0 Å². The minimum Gasteiger partial charge on any atom is -0.455 e. The summed E-state index contributed by atoms with van der Waals surface area (Å²) in [7, 11) is 0. The van der Waals surface area contributed by atoms with Crippen molar-refractivity contribution in [2.24, 2.45) is 5.10 Å². The van der Waals surface area contributed by atoms with Crippen molar-refractivity contribution in [1.29, 1.82) is 0 Å². The Morgan fingerprint density at radius 2 is 1.88 bits per heavy atom. The molecule has 0 fully saturated rings. The van der Waals surface area contributed by atoms with Crippen LogP contribution in [0.5, 0.6) is 0 Å². The van der Waals surface area contributed by atoms with Gasteiger partial charge in [-0.1, -0.05) is 47.5 Å². The molecule has 0 spiro atoms. The molecule has 2 aromatic carbocycles. The Morgan fingerprint density at radius 1 is 1.06 bits per heavy atom. The van der Waals surface area contributed by atoms with E-state index in [0.717, 1.165) is 17.5 Å². The lowest BCUT2D eigenvalue weighted by atomic mass is 9.93. The molecule has 0 unspecified atom stereocenters. The van der Waals surface area contributed by atoms with E-state index in [9.17, 15) is 9.59 Å². The number of carbonyl (C=O) groups is 2. The normalized spacial score (nSPS) is 14.2. The van der Waals surface area contributed by atoms with Crippen molar-refractivity contribution in [1.82, 2.24) is 10.7 Å². The summed E-state index contributed by atoms with van der Waals surface area (Å²) in [4.78, 5) is 25.2. The molecule has 1 aliphatic rings. The second-order valence-corrected chi connectivity index (χ2v) is 8.34. The summed E-state index contributed by atoms with van der Waals surface area (Å²) < 4.78 is 5.90. The first-order valence-electron chi connectivity index (χ1n) is 10.2. The maximum atomic E-state index is 12.8. The van der Waals surface area contributed by atoms with Crippen LogP contribution in [0, 0.1) is 6.92 Å². The molecule has 1 aromatic heterocycles. The monoisotopic (exact) mass is 469 g/mol. The molecular weight excluding hydrogens is 449 g/mol. The highest BCUT2D eigenvalue weighted by Crippen LogP contribution is 2.30. The highest BCUT2D eigenvalue weighted by atomic mass is 35.5. The summed E-state index contributed by atoms with van der Waals surface area (Å²) in [5.41, 5.74) is 6.00. The number of hydrazone groups is 1. The Balaban J connectivity index is 1.52. The lowest BCUT2D eigenvalue weighted by Crippen LogP contribution is -2.23. The fourth-order valence-corrected chi connectivity index (χ4v) is 4.10. The molecule has 164 valence electrons. The average molecular weight is 470 g/mol. The van der Waals surface area contributed by atoms with Crippen molar-refractivity contribution in [2.45, 2.75) is 32.7 Å². The second-order valence-electron chi connectivity index (χ2n) is 7.49. The molecule has 1 aliphatic carbocycles. The number of halogens is 2. The SMILES string of the molecule is Cc1c(C(=O)NCc2ccccc2Cl)oc2c1/C(=N/NC(=O)c1cccc(Cl)c1)CCC2. The van der Waals surface area contributed by atoms with E-state index in [-0.39, 0.29) is 17.6 Å². The van der Waals surface area contributed by atoms with Crippen LogP contribution in [0.15, 0.2) is 58.0 Å². The number of nitrogens with one attached hydrogen (secondary N) is 2. The molecule has 2 amide bonds. The molecule has 0 bridgehead atoms. The summed E-state index contributed by atoms with van der Waals surface area (Å²) in [5.74, 6) is 0.273. The van der Waals surface area contributed by atoms with Crippen LogP contribution >= 0.6 is 23.2 Å². The molecule has 2 N–H and O–H groups in total. The number of carbonyl (C=O) groups excluding carboxylic acids is 2. The van der Waals surface area contributed by atoms with Crippen molar-refractivity contribution >= 4 is 40.7 Å². The van der Waals surface area contributed by atoms with E-state index in [2.05, 4.69) is 15.8 Å². The number of benzene rings is 2. The summed E-state index contributed by atoms with van der Waals surface area (Å²) >= 11 is 12.1. The molecule has 6 nitrogen and oxygen atoms in total. The van der Waals surface area contributed by atoms with Crippen molar-refractivity contribution < 1.29 is 14.0 Å². The number of rotatable bonds is 5. The number of fused-ring (bicyclic) bond motifs is 1. The summed E-state index contributed by atoms with van der Waals surface area (Å²) in [5, 5.41) is 8.26. The van der Waals surface area contributed by atoms with E-state index in [1.165, 1.54) is 0 Å². The largest absolute Gasteiger partial charge is 0.455 e. The van der Waals surface area contributed by atoms with Gasteiger partial charge in [-0.25, -0.2) is 5.43 Å². The predicted molar refractivity (Wildman–Crippen MR) is 124 cm³/mol. The fraction of sp³-hybridized carbons (Fsp3) is 0.208. The van der Waals surface area contributed by atoms with Crippen LogP contribution in [0.1, 0.15) is 56.2 Å². The first-order chi connectivity index (χ1) is 15.4. The number of hydrogen-bond acceptors (Lipinski definition) is 4. The molecule has 8 heteroatoms. The number of furan rings is 1. The van der Waals surface area contributed by atoms with Crippen LogP contribution in [0.3, 0.4) is 0 Å². The fourth-order valence-electron chi connectivity index (χ4n) is 3.71. The van der Waals surface area contributed by atoms with Gasteiger partial charge in [0.05, 0.1) is 5.71 Å². The summed E-state index contributed by atoms with van der Waals surface area (Å²) in [6.07, 6.45) is 2.19. The Bertz CT molecular complexity index is 1220. The molecular formula is C24H21Cl2N3O3. The molecule has 3 aromatic rings. The third-order valence-electron chi connectivity index (χ3n) is 5.31. The van der Waals surface area contributed by atoms with Gasteiger partial charge in [-0.2, -0.15) is 5.10 Å². The molecule has 0 atom stereocenters. The van der Waals surface area contributed by atoms with Crippen molar-refractivity contribution in [3.63, 3.8) is 0 Å². The van der Waals surface area contributed by atoms with E-state index in [4.69, 9.17) is 27.6 Å². The maximum absolute atomic E-state index is 12.8. The smallest absolute Gasteiger partial charge is 0.287 e. The van der Waals surface area contributed by atoms with E-state index in [1.807, 2.05) is 25.1 Å². The maximum Gasteiger partial charge on any atom is 0.287 e. The van der Waals surface area contributed by atoms with Crippen molar-refractivity contribution in [3.05, 3.63) is 92.4 Å². The highest BCUT2D eigenvalue weighted by molar-refractivity contribution is 6.31. The topological polar surface area (TPSA) is 83.7 Å². The zero-order valence-electron chi connectivity index (χ0n) is 17.4. The van der Waals surface area contributed by atoms with E-state index < -0.39 is 0 Å². The number of nitrogens with zero attached hydrogens (tertiary/aromatic N) is 1. The predicted octanol–water partition coefficient (Wildman–Crippen LogP) is 5.30. The average Bonchev–Trinajstić information content (AvgIpc) is 3.14. The summed E-state index contributed by atoms with van der Waals surface area (Å²) in [6, 6.07) is 14.0.